The SMILES string of the molecule is O=C(CCCN1C(=O)c2ccccc2C1=O)N1CCN(Cc2ccc3c(c2)OCO3)CC1. The van der Waals surface area contributed by atoms with Crippen molar-refractivity contribution in [1.29, 1.82) is 0 Å². The van der Waals surface area contributed by atoms with Crippen molar-refractivity contribution in [2.75, 3.05) is 39.5 Å². The molecule has 2 aromatic rings. The zero-order valence-electron chi connectivity index (χ0n) is 17.8. The van der Waals surface area contributed by atoms with Gasteiger partial charge in [0.15, 0.2) is 11.5 Å². The minimum absolute atomic E-state index is 0.0735. The van der Waals surface area contributed by atoms with Crippen LogP contribution in [0.5, 0.6) is 11.5 Å². The summed E-state index contributed by atoms with van der Waals surface area (Å²) in [5.74, 6) is 1.11. The fraction of sp³-hybridized carbons (Fsp3) is 0.375. The molecule has 0 unspecified atom stereocenters. The van der Waals surface area contributed by atoms with Crippen molar-refractivity contribution < 1.29 is 23.9 Å². The van der Waals surface area contributed by atoms with Gasteiger partial charge in [0.2, 0.25) is 12.7 Å². The first-order chi connectivity index (χ1) is 15.6. The van der Waals surface area contributed by atoms with E-state index < -0.39 is 0 Å². The van der Waals surface area contributed by atoms with Crippen LogP contribution in [0.4, 0.5) is 0 Å². The monoisotopic (exact) mass is 435 g/mol. The number of ether oxygens (including phenoxy) is 2. The molecule has 0 aliphatic carbocycles. The van der Waals surface area contributed by atoms with Crippen LogP contribution in [-0.4, -0.2) is 71.9 Å². The molecule has 0 saturated carbocycles. The van der Waals surface area contributed by atoms with Crippen LogP contribution in [0.25, 0.3) is 0 Å². The lowest BCUT2D eigenvalue weighted by atomic mass is 10.1. The van der Waals surface area contributed by atoms with Gasteiger partial charge >= 0.3 is 0 Å². The maximum atomic E-state index is 12.6. The van der Waals surface area contributed by atoms with Gasteiger partial charge in [-0.1, -0.05) is 18.2 Å². The second-order valence-corrected chi connectivity index (χ2v) is 8.26. The quantitative estimate of drug-likeness (QED) is 0.647. The van der Waals surface area contributed by atoms with Gasteiger partial charge in [0.1, 0.15) is 0 Å². The standard InChI is InChI=1S/C24H25N3O5/c28-22(6-3-9-27-23(29)18-4-1-2-5-19(18)24(27)30)26-12-10-25(11-13-26)15-17-7-8-20-21(14-17)32-16-31-20/h1-2,4-5,7-8,14H,3,6,9-13,15-16H2. The summed E-state index contributed by atoms with van der Waals surface area (Å²) in [6.07, 6.45) is 0.803. The molecule has 0 N–H and O–H groups in total. The molecular formula is C24H25N3O5. The molecule has 32 heavy (non-hydrogen) atoms. The summed E-state index contributed by atoms with van der Waals surface area (Å²) in [6.45, 7) is 4.30. The summed E-state index contributed by atoms with van der Waals surface area (Å²) in [6, 6.07) is 12.8. The van der Waals surface area contributed by atoms with Crippen molar-refractivity contribution >= 4 is 17.7 Å². The molecule has 2 aromatic carbocycles. The molecule has 3 amide bonds. The number of hydrogen-bond donors (Lipinski definition) is 0. The lowest BCUT2D eigenvalue weighted by Crippen LogP contribution is -2.48. The summed E-state index contributed by atoms with van der Waals surface area (Å²) in [4.78, 5) is 42.9. The summed E-state index contributed by atoms with van der Waals surface area (Å²) in [7, 11) is 0. The van der Waals surface area contributed by atoms with Gasteiger partial charge in [-0.05, 0) is 36.2 Å². The van der Waals surface area contributed by atoms with Crippen molar-refractivity contribution in [3.05, 3.63) is 59.2 Å². The van der Waals surface area contributed by atoms with Crippen molar-refractivity contribution in [1.82, 2.24) is 14.7 Å². The van der Waals surface area contributed by atoms with E-state index in [0.717, 1.165) is 36.7 Å². The first-order valence-electron chi connectivity index (χ1n) is 10.9. The van der Waals surface area contributed by atoms with Crippen LogP contribution in [0.3, 0.4) is 0 Å². The minimum Gasteiger partial charge on any atom is -0.454 e. The van der Waals surface area contributed by atoms with E-state index in [9.17, 15) is 14.4 Å². The highest BCUT2D eigenvalue weighted by Crippen LogP contribution is 2.33. The Morgan fingerprint density at radius 1 is 0.875 bits per heavy atom. The zero-order chi connectivity index (χ0) is 22.1. The van der Waals surface area contributed by atoms with Crippen LogP contribution in [0, 0.1) is 0 Å². The van der Waals surface area contributed by atoms with E-state index in [1.54, 1.807) is 24.3 Å². The average Bonchev–Trinajstić information content (AvgIpc) is 3.38. The highest BCUT2D eigenvalue weighted by atomic mass is 16.7. The minimum atomic E-state index is -0.268. The van der Waals surface area contributed by atoms with Gasteiger partial charge in [0.25, 0.3) is 11.8 Å². The second kappa shape index (κ2) is 8.63. The van der Waals surface area contributed by atoms with Gasteiger partial charge in [-0.15, -0.1) is 0 Å². The molecule has 0 atom stereocenters. The van der Waals surface area contributed by atoms with Gasteiger partial charge in [-0.3, -0.25) is 24.2 Å². The van der Waals surface area contributed by atoms with E-state index in [1.807, 2.05) is 23.1 Å². The number of benzene rings is 2. The molecule has 0 radical (unpaired) electrons. The van der Waals surface area contributed by atoms with Gasteiger partial charge in [0, 0.05) is 45.7 Å². The molecule has 5 rings (SSSR count). The summed E-state index contributed by atoms with van der Waals surface area (Å²) < 4.78 is 10.8. The predicted molar refractivity (Wildman–Crippen MR) is 115 cm³/mol. The largest absolute Gasteiger partial charge is 0.454 e. The van der Waals surface area contributed by atoms with Crippen LogP contribution in [0.1, 0.15) is 39.1 Å². The highest BCUT2D eigenvalue weighted by Gasteiger charge is 2.34. The fourth-order valence-electron chi connectivity index (χ4n) is 4.44. The molecule has 0 aromatic heterocycles. The average molecular weight is 435 g/mol. The van der Waals surface area contributed by atoms with Crippen molar-refractivity contribution in [3.8, 4) is 11.5 Å². The van der Waals surface area contributed by atoms with E-state index in [4.69, 9.17) is 9.47 Å². The number of carbonyl (C=O) groups excluding carboxylic acids is 3. The molecule has 3 aliphatic heterocycles. The Balaban J connectivity index is 1.06. The van der Waals surface area contributed by atoms with Crippen LogP contribution in [0.15, 0.2) is 42.5 Å². The lowest BCUT2D eigenvalue weighted by Gasteiger charge is -2.35. The Kier molecular flexibility index (Phi) is 5.53. The number of fused-ring (bicyclic) bond motifs is 2. The van der Waals surface area contributed by atoms with E-state index in [0.29, 0.717) is 37.1 Å². The smallest absolute Gasteiger partial charge is 0.261 e. The number of piperazine rings is 1. The third kappa shape index (κ3) is 3.93. The summed E-state index contributed by atoms with van der Waals surface area (Å²) >= 11 is 0. The first kappa shape index (κ1) is 20.5. The van der Waals surface area contributed by atoms with Crippen LogP contribution in [-0.2, 0) is 11.3 Å². The van der Waals surface area contributed by atoms with Gasteiger partial charge in [0.05, 0.1) is 11.1 Å². The zero-order valence-corrected chi connectivity index (χ0v) is 17.8. The Morgan fingerprint density at radius 2 is 1.56 bits per heavy atom. The molecule has 3 aliphatic rings. The molecule has 1 saturated heterocycles. The number of rotatable bonds is 6. The van der Waals surface area contributed by atoms with Crippen LogP contribution < -0.4 is 9.47 Å². The first-order valence-corrected chi connectivity index (χ1v) is 10.9. The topological polar surface area (TPSA) is 79.4 Å². The Labute approximate surface area is 186 Å². The van der Waals surface area contributed by atoms with Gasteiger partial charge < -0.3 is 14.4 Å². The molecule has 8 nitrogen and oxygen atoms in total. The Morgan fingerprint density at radius 3 is 2.28 bits per heavy atom. The number of amides is 3. The molecule has 1 fully saturated rings. The second-order valence-electron chi connectivity index (χ2n) is 8.26. The van der Waals surface area contributed by atoms with E-state index >= 15 is 0 Å². The number of carbonyl (C=O) groups is 3. The van der Waals surface area contributed by atoms with Crippen molar-refractivity contribution in [2.45, 2.75) is 19.4 Å². The molecule has 0 bridgehead atoms. The molecule has 166 valence electrons. The summed E-state index contributed by atoms with van der Waals surface area (Å²) in [5, 5.41) is 0. The van der Waals surface area contributed by atoms with E-state index in [-0.39, 0.29) is 31.1 Å². The van der Waals surface area contributed by atoms with Crippen molar-refractivity contribution in [3.63, 3.8) is 0 Å². The van der Waals surface area contributed by atoms with Gasteiger partial charge in [-0.25, -0.2) is 0 Å². The summed E-state index contributed by atoms with van der Waals surface area (Å²) in [5.41, 5.74) is 2.06. The third-order valence-corrected chi connectivity index (χ3v) is 6.22. The molecule has 3 heterocycles. The highest BCUT2D eigenvalue weighted by molar-refractivity contribution is 6.21. The Bertz CT molecular complexity index is 1030. The molecule has 0 spiro atoms. The van der Waals surface area contributed by atoms with Crippen LogP contribution >= 0.6 is 0 Å². The third-order valence-electron chi connectivity index (χ3n) is 6.22. The van der Waals surface area contributed by atoms with Gasteiger partial charge in [-0.2, -0.15) is 0 Å². The lowest BCUT2D eigenvalue weighted by molar-refractivity contribution is -0.133. The number of nitrogens with zero attached hydrogens (tertiary/aromatic N) is 3. The number of imide groups is 1. The van der Waals surface area contributed by atoms with Crippen LogP contribution in [0.2, 0.25) is 0 Å². The Hall–Kier alpha value is -3.39. The molecule has 8 heteroatoms. The maximum Gasteiger partial charge on any atom is 0.261 e. The maximum absolute atomic E-state index is 12.6. The fourth-order valence-corrected chi connectivity index (χ4v) is 4.44. The van der Waals surface area contributed by atoms with E-state index in [2.05, 4.69) is 4.90 Å². The predicted octanol–water partition coefficient (Wildman–Crippen LogP) is 2.14. The number of hydrogen-bond acceptors (Lipinski definition) is 6. The molecular weight excluding hydrogens is 410 g/mol. The van der Waals surface area contributed by atoms with E-state index in [1.165, 1.54) is 4.90 Å². The normalized spacial score (nSPS) is 17.8. The van der Waals surface area contributed by atoms with Crippen molar-refractivity contribution in [2.24, 2.45) is 0 Å².